The van der Waals surface area contributed by atoms with Gasteiger partial charge in [-0.2, -0.15) is 0 Å². The Hall–Kier alpha value is -0.530. The van der Waals surface area contributed by atoms with E-state index in [1.54, 1.807) is 0 Å². The maximum absolute atomic E-state index is 4.79. The van der Waals surface area contributed by atoms with Crippen molar-refractivity contribution in [1.29, 1.82) is 0 Å². The molecule has 0 atom stereocenters. The van der Waals surface area contributed by atoms with Gasteiger partial charge in [0, 0.05) is 0 Å². The molecule has 0 bridgehead atoms. The molecule has 2 nitrogen and oxygen atoms in total. The second-order valence-electron chi connectivity index (χ2n) is 2.31. The predicted octanol–water partition coefficient (Wildman–Crippen LogP) is 1.68. The highest BCUT2D eigenvalue weighted by Gasteiger charge is 2.14. The summed E-state index contributed by atoms with van der Waals surface area (Å²) >= 11 is 0. The number of hydrogen-bond donors (Lipinski definition) is 0. The largest absolute Gasteiger partial charge is 0.390 e. The lowest BCUT2D eigenvalue weighted by Crippen LogP contribution is -2.19. The number of rotatable bonds is 3. The van der Waals surface area contributed by atoms with Crippen molar-refractivity contribution in [3.8, 4) is 0 Å². The standard InChI is InChI=1S/C6H12NO/c1-5-6(2,3)8-7-4/h4H,5H2,1-3H3. The van der Waals surface area contributed by atoms with Gasteiger partial charge < -0.3 is 4.84 Å². The van der Waals surface area contributed by atoms with Crippen LogP contribution in [-0.2, 0) is 4.84 Å². The Bertz CT molecular complexity index is 78.6. The highest BCUT2D eigenvalue weighted by molar-refractivity contribution is 5.21. The van der Waals surface area contributed by atoms with Crippen LogP contribution in [0.2, 0.25) is 0 Å². The normalized spacial score (nSPS) is 10.9. The number of nitrogens with zero attached hydrogens (tertiary/aromatic N) is 1. The van der Waals surface area contributed by atoms with Crippen LogP contribution in [0.25, 0.3) is 0 Å². The molecule has 0 amide bonds. The van der Waals surface area contributed by atoms with Gasteiger partial charge >= 0.3 is 0 Å². The lowest BCUT2D eigenvalue weighted by Gasteiger charge is -2.18. The van der Waals surface area contributed by atoms with Gasteiger partial charge in [-0.25, -0.2) is 0 Å². The summed E-state index contributed by atoms with van der Waals surface area (Å²) < 4.78 is 0. The molecule has 0 rings (SSSR count). The molecule has 0 aliphatic carbocycles. The molecular formula is C6H12NO. The molecule has 1 radical (unpaired) electrons. The van der Waals surface area contributed by atoms with Crippen molar-refractivity contribution >= 4 is 6.72 Å². The predicted molar refractivity (Wildman–Crippen MR) is 33.9 cm³/mol. The maximum Gasteiger partial charge on any atom is 0.131 e. The van der Waals surface area contributed by atoms with Crippen LogP contribution < -0.4 is 0 Å². The van der Waals surface area contributed by atoms with Gasteiger partial charge in [-0.15, -0.1) is 0 Å². The molecule has 47 valence electrons. The van der Waals surface area contributed by atoms with Crippen molar-refractivity contribution in [1.82, 2.24) is 0 Å². The lowest BCUT2D eigenvalue weighted by atomic mass is 10.1. The first-order chi connectivity index (χ1) is 3.62. The van der Waals surface area contributed by atoms with Crippen LogP contribution >= 0.6 is 0 Å². The number of hydrogen-bond acceptors (Lipinski definition) is 2. The third-order valence-corrected chi connectivity index (χ3v) is 1.15. The molecule has 0 aromatic carbocycles. The zero-order valence-electron chi connectivity index (χ0n) is 5.64. The summed E-state index contributed by atoms with van der Waals surface area (Å²) in [6, 6.07) is 0. The van der Waals surface area contributed by atoms with E-state index in [-0.39, 0.29) is 5.60 Å². The van der Waals surface area contributed by atoms with E-state index in [0.29, 0.717) is 0 Å². The van der Waals surface area contributed by atoms with E-state index < -0.39 is 0 Å². The van der Waals surface area contributed by atoms with E-state index in [1.807, 2.05) is 20.8 Å². The van der Waals surface area contributed by atoms with Crippen LogP contribution in [-0.4, -0.2) is 12.3 Å². The Morgan fingerprint density at radius 3 is 2.25 bits per heavy atom. The molecule has 0 heterocycles. The van der Waals surface area contributed by atoms with Crippen molar-refractivity contribution in [2.24, 2.45) is 5.16 Å². The average Bonchev–Trinajstić information content (AvgIpc) is 1.67. The van der Waals surface area contributed by atoms with E-state index in [4.69, 9.17) is 11.6 Å². The van der Waals surface area contributed by atoms with Crippen LogP contribution in [0.5, 0.6) is 0 Å². The van der Waals surface area contributed by atoms with Gasteiger partial charge in [0.25, 0.3) is 0 Å². The summed E-state index contributed by atoms with van der Waals surface area (Å²) in [6.07, 6.45) is 0.910. The van der Waals surface area contributed by atoms with Gasteiger partial charge in [0.15, 0.2) is 0 Å². The SMILES string of the molecule is [CH]=NOC(C)(C)CC. The summed E-state index contributed by atoms with van der Waals surface area (Å²) in [5, 5.41) is 3.08. The molecule has 0 aliphatic rings. The van der Waals surface area contributed by atoms with Crippen LogP contribution in [0.3, 0.4) is 0 Å². The fraction of sp³-hybridized carbons (Fsp3) is 0.833. The molecule has 0 fully saturated rings. The van der Waals surface area contributed by atoms with Gasteiger partial charge in [-0.3, -0.25) is 0 Å². The zero-order valence-corrected chi connectivity index (χ0v) is 5.64. The Morgan fingerprint density at radius 2 is 2.12 bits per heavy atom. The minimum atomic E-state index is -0.200. The van der Waals surface area contributed by atoms with E-state index in [9.17, 15) is 0 Å². The van der Waals surface area contributed by atoms with Crippen LogP contribution in [0, 0.1) is 0 Å². The molecular weight excluding hydrogens is 102 g/mol. The smallest absolute Gasteiger partial charge is 0.131 e. The minimum Gasteiger partial charge on any atom is -0.390 e. The average molecular weight is 114 g/mol. The van der Waals surface area contributed by atoms with Gasteiger partial charge in [0.05, 0.1) is 6.72 Å². The van der Waals surface area contributed by atoms with E-state index >= 15 is 0 Å². The topological polar surface area (TPSA) is 21.6 Å². The highest BCUT2D eigenvalue weighted by atomic mass is 16.6. The quantitative estimate of drug-likeness (QED) is 0.404. The Balaban J connectivity index is 3.53. The third kappa shape index (κ3) is 2.61. The monoisotopic (exact) mass is 114 g/mol. The fourth-order valence-corrected chi connectivity index (χ4v) is 0.207. The molecule has 0 N–H and O–H groups in total. The van der Waals surface area contributed by atoms with Crippen molar-refractivity contribution in [3.63, 3.8) is 0 Å². The molecule has 2 heteroatoms. The first kappa shape index (κ1) is 7.47. The summed E-state index contributed by atoms with van der Waals surface area (Å²) in [7, 11) is 0. The molecule has 0 saturated carbocycles. The zero-order chi connectivity index (χ0) is 6.62. The third-order valence-electron chi connectivity index (χ3n) is 1.15. The van der Waals surface area contributed by atoms with Gasteiger partial charge in [-0.1, -0.05) is 12.1 Å². The molecule has 0 spiro atoms. The Kier molecular flexibility index (Phi) is 2.52. The molecule has 0 saturated heterocycles. The van der Waals surface area contributed by atoms with E-state index in [1.165, 1.54) is 0 Å². The lowest BCUT2D eigenvalue weighted by molar-refractivity contribution is -0.0151. The van der Waals surface area contributed by atoms with Crippen LogP contribution in [0.15, 0.2) is 5.16 Å². The molecule has 0 aromatic rings. The summed E-state index contributed by atoms with van der Waals surface area (Å²) in [5.41, 5.74) is -0.200. The van der Waals surface area contributed by atoms with Crippen molar-refractivity contribution in [2.75, 3.05) is 0 Å². The van der Waals surface area contributed by atoms with Gasteiger partial charge in [-0.05, 0) is 20.3 Å². The van der Waals surface area contributed by atoms with Crippen molar-refractivity contribution < 1.29 is 4.84 Å². The van der Waals surface area contributed by atoms with Crippen molar-refractivity contribution in [2.45, 2.75) is 32.8 Å². The maximum atomic E-state index is 4.79. The van der Waals surface area contributed by atoms with Gasteiger partial charge in [0.2, 0.25) is 0 Å². The molecule has 0 aliphatic heterocycles. The molecule has 0 aromatic heterocycles. The van der Waals surface area contributed by atoms with Crippen LogP contribution in [0.4, 0.5) is 0 Å². The second kappa shape index (κ2) is 2.70. The van der Waals surface area contributed by atoms with Gasteiger partial charge in [0.1, 0.15) is 5.60 Å². The molecule has 8 heavy (non-hydrogen) atoms. The highest BCUT2D eigenvalue weighted by Crippen LogP contribution is 2.12. The summed E-state index contributed by atoms with van der Waals surface area (Å²) in [5.74, 6) is 0. The minimum absolute atomic E-state index is 0.200. The Labute approximate surface area is 50.5 Å². The van der Waals surface area contributed by atoms with E-state index in [0.717, 1.165) is 6.42 Å². The first-order valence-electron chi connectivity index (χ1n) is 2.71. The fourth-order valence-electron chi connectivity index (χ4n) is 0.207. The summed E-state index contributed by atoms with van der Waals surface area (Å²) in [6.45, 7) is 10.7. The first-order valence-corrected chi connectivity index (χ1v) is 2.71. The Morgan fingerprint density at radius 1 is 1.62 bits per heavy atom. The van der Waals surface area contributed by atoms with Crippen molar-refractivity contribution in [3.05, 3.63) is 0 Å². The van der Waals surface area contributed by atoms with E-state index in [2.05, 4.69) is 5.16 Å². The van der Waals surface area contributed by atoms with Crippen LogP contribution in [0.1, 0.15) is 27.2 Å². The molecule has 0 unspecified atom stereocenters. The summed E-state index contributed by atoms with van der Waals surface area (Å²) in [4.78, 5) is 4.78. The second-order valence-corrected chi connectivity index (χ2v) is 2.31.